The van der Waals surface area contributed by atoms with Gasteiger partial charge in [-0.15, -0.1) is 0 Å². The molecule has 1 heterocycles. The topological polar surface area (TPSA) is 59.0 Å². The maximum atomic E-state index is 9.87. The van der Waals surface area contributed by atoms with Gasteiger partial charge in [0.25, 0.3) is 0 Å². The van der Waals surface area contributed by atoms with E-state index in [1.165, 1.54) is 27.8 Å². The number of allylic oxidation sites excluding steroid dienone is 1. The first-order valence-electron chi connectivity index (χ1n) is 9.62. The molecule has 2 aliphatic carbocycles. The Morgan fingerprint density at radius 3 is 2.46 bits per heavy atom. The SMILES string of the molecule is Cc1cc(C2C(C#N)=C(N)Oc3ccccc32)c2c(C)ccc(C(C)C)cc1-2. The summed E-state index contributed by atoms with van der Waals surface area (Å²) in [7, 11) is 0. The fourth-order valence-electron chi connectivity index (χ4n) is 4.19. The third kappa shape index (κ3) is 2.73. The molecule has 0 fully saturated rings. The van der Waals surface area contributed by atoms with Crippen LogP contribution in [-0.2, 0) is 0 Å². The fraction of sp³-hybridized carbons (Fsp3) is 0.240. The predicted molar refractivity (Wildman–Crippen MR) is 112 cm³/mol. The lowest BCUT2D eigenvalue weighted by atomic mass is 9.82. The second-order valence-electron chi connectivity index (χ2n) is 7.85. The zero-order valence-corrected chi connectivity index (χ0v) is 16.7. The molecule has 1 aromatic rings. The van der Waals surface area contributed by atoms with Gasteiger partial charge >= 0.3 is 0 Å². The molecule has 140 valence electrons. The molecule has 3 aliphatic rings. The van der Waals surface area contributed by atoms with E-state index in [4.69, 9.17) is 10.5 Å². The van der Waals surface area contributed by atoms with Crippen LogP contribution in [0.1, 0.15) is 53.5 Å². The first kappa shape index (κ1) is 18.1. The Morgan fingerprint density at radius 1 is 1.00 bits per heavy atom. The monoisotopic (exact) mass is 368 g/mol. The highest BCUT2D eigenvalue weighted by atomic mass is 16.5. The molecule has 4 rings (SSSR count). The molecule has 0 saturated heterocycles. The molecule has 0 bridgehead atoms. The summed E-state index contributed by atoms with van der Waals surface area (Å²) in [6.07, 6.45) is 0. The number of nitrogens with zero attached hydrogens (tertiary/aromatic N) is 1. The largest absolute Gasteiger partial charge is 0.440 e. The van der Waals surface area contributed by atoms with Crippen molar-refractivity contribution in [1.29, 1.82) is 5.26 Å². The van der Waals surface area contributed by atoms with Crippen molar-refractivity contribution in [2.75, 3.05) is 0 Å². The summed E-state index contributed by atoms with van der Waals surface area (Å²) in [4.78, 5) is 0. The minimum atomic E-state index is -0.227. The number of hydrogen-bond acceptors (Lipinski definition) is 3. The zero-order chi connectivity index (χ0) is 20.0. The smallest absolute Gasteiger partial charge is 0.205 e. The number of nitrogens with two attached hydrogens (primary N) is 1. The second-order valence-corrected chi connectivity index (χ2v) is 7.85. The van der Waals surface area contributed by atoms with Crippen LogP contribution >= 0.6 is 0 Å². The first-order chi connectivity index (χ1) is 13.4. The Hall–Kier alpha value is -3.25. The normalized spacial score (nSPS) is 16.1. The van der Waals surface area contributed by atoms with Crippen molar-refractivity contribution in [3.8, 4) is 22.9 Å². The van der Waals surface area contributed by atoms with Crippen LogP contribution in [0, 0.1) is 25.2 Å². The lowest BCUT2D eigenvalue weighted by Gasteiger charge is -2.26. The number of benzene rings is 1. The van der Waals surface area contributed by atoms with Crippen molar-refractivity contribution in [3.05, 3.63) is 87.8 Å². The van der Waals surface area contributed by atoms with Crippen LogP contribution < -0.4 is 10.5 Å². The van der Waals surface area contributed by atoms with Crippen LogP contribution in [0.4, 0.5) is 0 Å². The molecular formula is C25H24N2O. The molecule has 0 aromatic heterocycles. The van der Waals surface area contributed by atoms with Gasteiger partial charge < -0.3 is 10.5 Å². The van der Waals surface area contributed by atoms with E-state index >= 15 is 0 Å². The lowest BCUT2D eigenvalue weighted by molar-refractivity contribution is 0.394. The van der Waals surface area contributed by atoms with Crippen LogP contribution in [0.25, 0.3) is 11.1 Å². The molecule has 3 nitrogen and oxygen atoms in total. The number of rotatable bonds is 2. The molecule has 0 spiro atoms. The maximum absolute atomic E-state index is 9.87. The Labute approximate surface area is 166 Å². The Kier molecular flexibility index (Phi) is 4.35. The number of fused-ring (bicyclic) bond motifs is 2. The van der Waals surface area contributed by atoms with E-state index in [-0.39, 0.29) is 11.8 Å². The van der Waals surface area contributed by atoms with Crippen molar-refractivity contribution >= 4 is 0 Å². The molecule has 3 heteroatoms. The summed E-state index contributed by atoms with van der Waals surface area (Å²) >= 11 is 0. The Bertz CT molecular complexity index is 1120. The van der Waals surface area contributed by atoms with Crippen molar-refractivity contribution in [1.82, 2.24) is 0 Å². The number of ether oxygens (including phenoxy) is 1. The number of para-hydroxylation sites is 1. The van der Waals surface area contributed by atoms with E-state index in [1.807, 2.05) is 24.3 Å². The first-order valence-corrected chi connectivity index (χ1v) is 9.62. The highest BCUT2D eigenvalue weighted by Gasteiger charge is 2.33. The van der Waals surface area contributed by atoms with E-state index in [1.54, 1.807) is 0 Å². The summed E-state index contributed by atoms with van der Waals surface area (Å²) in [6, 6.07) is 19.0. The minimum Gasteiger partial charge on any atom is -0.440 e. The number of aryl methyl sites for hydroxylation is 2. The van der Waals surface area contributed by atoms with Gasteiger partial charge in [0.1, 0.15) is 17.4 Å². The van der Waals surface area contributed by atoms with Gasteiger partial charge in [0.05, 0.1) is 5.92 Å². The molecule has 0 radical (unpaired) electrons. The third-order valence-electron chi connectivity index (χ3n) is 5.69. The van der Waals surface area contributed by atoms with Crippen LogP contribution in [0.15, 0.2) is 60.0 Å². The van der Waals surface area contributed by atoms with Crippen LogP contribution in [-0.4, -0.2) is 0 Å². The fourth-order valence-corrected chi connectivity index (χ4v) is 4.19. The molecule has 1 aromatic carbocycles. The van der Waals surface area contributed by atoms with E-state index in [0.717, 1.165) is 16.9 Å². The summed E-state index contributed by atoms with van der Waals surface area (Å²) in [5.41, 5.74) is 14.9. The number of hydrogen-bond donors (Lipinski definition) is 1. The summed E-state index contributed by atoms with van der Waals surface area (Å²) in [6.45, 7) is 8.70. The van der Waals surface area contributed by atoms with Gasteiger partial charge in [-0.05, 0) is 59.2 Å². The molecule has 1 unspecified atom stereocenters. The van der Waals surface area contributed by atoms with Crippen molar-refractivity contribution in [2.24, 2.45) is 5.73 Å². The Balaban J connectivity index is 2.02. The zero-order valence-electron chi connectivity index (χ0n) is 16.7. The predicted octanol–water partition coefficient (Wildman–Crippen LogP) is 5.75. The Morgan fingerprint density at radius 2 is 1.75 bits per heavy atom. The van der Waals surface area contributed by atoms with Gasteiger partial charge in [-0.3, -0.25) is 0 Å². The average Bonchev–Trinajstić information content (AvgIpc) is 2.87. The molecule has 28 heavy (non-hydrogen) atoms. The van der Waals surface area contributed by atoms with Crippen molar-refractivity contribution in [2.45, 2.75) is 39.5 Å². The maximum Gasteiger partial charge on any atom is 0.205 e. The summed E-state index contributed by atoms with van der Waals surface area (Å²) in [5, 5.41) is 9.87. The molecule has 2 N–H and O–H groups in total. The van der Waals surface area contributed by atoms with Gasteiger partial charge in [-0.2, -0.15) is 5.26 Å². The molecule has 1 atom stereocenters. The lowest BCUT2D eigenvalue weighted by Crippen LogP contribution is -2.21. The van der Waals surface area contributed by atoms with E-state index in [9.17, 15) is 5.26 Å². The molecule has 0 saturated carbocycles. The molecular weight excluding hydrogens is 344 g/mol. The van der Waals surface area contributed by atoms with Crippen LogP contribution in [0.3, 0.4) is 0 Å². The number of nitriles is 1. The summed E-state index contributed by atoms with van der Waals surface area (Å²) in [5.74, 6) is 1.13. The average molecular weight is 368 g/mol. The second kappa shape index (κ2) is 6.73. The van der Waals surface area contributed by atoms with Gasteiger partial charge in [0.2, 0.25) is 5.88 Å². The quantitative estimate of drug-likeness (QED) is 0.626. The third-order valence-corrected chi connectivity index (χ3v) is 5.69. The minimum absolute atomic E-state index is 0.194. The van der Waals surface area contributed by atoms with E-state index in [0.29, 0.717) is 11.5 Å². The van der Waals surface area contributed by atoms with Crippen LogP contribution in [0.2, 0.25) is 0 Å². The van der Waals surface area contributed by atoms with Crippen molar-refractivity contribution in [3.63, 3.8) is 0 Å². The summed E-state index contributed by atoms with van der Waals surface area (Å²) < 4.78 is 5.74. The van der Waals surface area contributed by atoms with E-state index in [2.05, 4.69) is 58.0 Å². The van der Waals surface area contributed by atoms with Gasteiger partial charge in [0.15, 0.2) is 0 Å². The molecule has 1 aliphatic heterocycles. The van der Waals surface area contributed by atoms with E-state index < -0.39 is 0 Å². The van der Waals surface area contributed by atoms with Crippen LogP contribution in [0.5, 0.6) is 5.75 Å². The van der Waals surface area contributed by atoms with Crippen molar-refractivity contribution < 1.29 is 4.74 Å². The van der Waals surface area contributed by atoms with Gasteiger partial charge in [-0.25, -0.2) is 0 Å². The highest BCUT2D eigenvalue weighted by molar-refractivity contribution is 5.80. The standard InChI is InChI=1S/C25H24N2O/c1-14(2)17-10-9-15(3)23-19(12-17)16(4)11-20(23)24-18-7-5-6-8-22(18)28-25(27)21(24)13-26/h5-12,14,24H,27H2,1-4H3. The molecule has 0 amide bonds. The van der Waals surface area contributed by atoms with Gasteiger partial charge in [0, 0.05) is 5.56 Å². The van der Waals surface area contributed by atoms with Gasteiger partial charge in [-0.1, -0.05) is 56.3 Å². The highest BCUT2D eigenvalue weighted by Crippen LogP contribution is 2.48.